The van der Waals surface area contributed by atoms with E-state index in [1.807, 2.05) is 0 Å². The first-order chi connectivity index (χ1) is 7.33. The Morgan fingerprint density at radius 2 is 2.13 bits per heavy atom. The largest absolute Gasteiger partial charge is 0.396 e. The van der Waals surface area contributed by atoms with Gasteiger partial charge in [0.05, 0.1) is 0 Å². The van der Waals surface area contributed by atoms with Crippen LogP contribution in [-0.4, -0.2) is 36.0 Å². The molecule has 0 amide bonds. The zero-order valence-corrected chi connectivity index (χ0v) is 9.83. The van der Waals surface area contributed by atoms with Crippen LogP contribution in [0.15, 0.2) is 29.2 Å². The van der Waals surface area contributed by atoms with Crippen molar-refractivity contribution in [1.29, 1.82) is 0 Å². The number of hydrogen-bond acceptors (Lipinski definition) is 3. The van der Waals surface area contributed by atoms with E-state index >= 15 is 0 Å². The smallest absolute Gasteiger partial charge is 0.0483 e. The number of aliphatic hydroxyl groups excluding tert-OH is 1. The Bertz CT molecular complexity index is 323. The highest BCUT2D eigenvalue weighted by Gasteiger charge is 2.25. The van der Waals surface area contributed by atoms with Gasteiger partial charge in [-0.3, -0.25) is 4.90 Å². The lowest BCUT2D eigenvalue weighted by Gasteiger charge is -2.38. The number of benzene rings is 1. The molecule has 0 saturated carbocycles. The molecule has 1 aromatic rings. The van der Waals surface area contributed by atoms with Crippen LogP contribution in [0.4, 0.5) is 0 Å². The SMILES string of the molecule is CSc1ccccc1CN1CC(CO)C1. The Morgan fingerprint density at radius 3 is 2.80 bits per heavy atom. The van der Waals surface area contributed by atoms with Crippen LogP contribution in [0.5, 0.6) is 0 Å². The van der Waals surface area contributed by atoms with Crippen LogP contribution in [0.2, 0.25) is 0 Å². The number of hydrogen-bond donors (Lipinski definition) is 1. The molecular formula is C12H17NOS. The summed E-state index contributed by atoms with van der Waals surface area (Å²) in [6.45, 7) is 3.44. The van der Waals surface area contributed by atoms with E-state index in [1.54, 1.807) is 11.8 Å². The van der Waals surface area contributed by atoms with Crippen LogP contribution in [0, 0.1) is 5.92 Å². The second-order valence-corrected chi connectivity index (χ2v) is 4.90. The Morgan fingerprint density at radius 1 is 1.40 bits per heavy atom. The second-order valence-electron chi connectivity index (χ2n) is 4.05. The van der Waals surface area contributed by atoms with Crippen LogP contribution < -0.4 is 0 Å². The summed E-state index contributed by atoms with van der Waals surface area (Å²) in [4.78, 5) is 3.75. The van der Waals surface area contributed by atoms with Crippen LogP contribution in [0.3, 0.4) is 0 Å². The summed E-state index contributed by atoms with van der Waals surface area (Å²) in [5, 5.41) is 8.94. The minimum atomic E-state index is 0.334. The van der Waals surface area contributed by atoms with Gasteiger partial charge in [-0.25, -0.2) is 0 Å². The number of aliphatic hydroxyl groups is 1. The molecule has 0 aromatic heterocycles. The normalized spacial score (nSPS) is 17.7. The summed E-state index contributed by atoms with van der Waals surface area (Å²) in [5.74, 6) is 0.506. The maximum atomic E-state index is 8.94. The first-order valence-electron chi connectivity index (χ1n) is 5.28. The number of nitrogens with zero attached hydrogens (tertiary/aromatic N) is 1. The van der Waals surface area contributed by atoms with E-state index < -0.39 is 0 Å². The molecule has 15 heavy (non-hydrogen) atoms. The second kappa shape index (κ2) is 5.01. The summed E-state index contributed by atoms with van der Waals surface area (Å²) in [6.07, 6.45) is 2.12. The quantitative estimate of drug-likeness (QED) is 0.788. The van der Waals surface area contributed by atoms with Gasteiger partial charge in [-0.1, -0.05) is 18.2 Å². The van der Waals surface area contributed by atoms with Gasteiger partial charge in [0.25, 0.3) is 0 Å². The highest BCUT2D eigenvalue weighted by Crippen LogP contribution is 2.24. The highest BCUT2D eigenvalue weighted by atomic mass is 32.2. The molecule has 1 fully saturated rings. The van der Waals surface area contributed by atoms with Crippen molar-refractivity contribution < 1.29 is 5.11 Å². The highest BCUT2D eigenvalue weighted by molar-refractivity contribution is 7.98. The Labute approximate surface area is 95.3 Å². The van der Waals surface area contributed by atoms with Crippen LogP contribution in [0.25, 0.3) is 0 Å². The van der Waals surface area contributed by atoms with Gasteiger partial charge in [-0.05, 0) is 17.9 Å². The summed E-state index contributed by atoms with van der Waals surface area (Å²) in [5.41, 5.74) is 1.40. The molecule has 82 valence electrons. The minimum absolute atomic E-state index is 0.334. The van der Waals surface area contributed by atoms with Crippen LogP contribution >= 0.6 is 11.8 Å². The van der Waals surface area contributed by atoms with E-state index in [1.165, 1.54) is 10.5 Å². The molecule has 1 N–H and O–H groups in total. The molecule has 3 heteroatoms. The maximum absolute atomic E-state index is 8.94. The molecule has 1 saturated heterocycles. The number of likely N-dealkylation sites (tertiary alicyclic amines) is 1. The molecule has 1 aliphatic heterocycles. The third kappa shape index (κ3) is 2.54. The molecule has 0 unspecified atom stereocenters. The zero-order chi connectivity index (χ0) is 10.7. The lowest BCUT2D eigenvalue weighted by Crippen LogP contribution is -2.47. The summed E-state index contributed by atoms with van der Waals surface area (Å²) >= 11 is 1.80. The van der Waals surface area contributed by atoms with Gasteiger partial charge < -0.3 is 5.11 Å². The zero-order valence-electron chi connectivity index (χ0n) is 9.02. The van der Waals surface area contributed by atoms with E-state index in [-0.39, 0.29) is 0 Å². The molecule has 0 atom stereocenters. The van der Waals surface area contributed by atoms with Gasteiger partial charge in [0.15, 0.2) is 0 Å². The van der Waals surface area contributed by atoms with Gasteiger partial charge in [-0.15, -0.1) is 11.8 Å². The average Bonchev–Trinajstić information content (AvgIpc) is 2.23. The van der Waals surface area contributed by atoms with Crippen LogP contribution in [-0.2, 0) is 6.54 Å². The fourth-order valence-electron chi connectivity index (χ4n) is 2.00. The summed E-state index contributed by atoms with van der Waals surface area (Å²) in [7, 11) is 0. The predicted octanol–water partition coefficient (Wildman–Crippen LogP) is 1.83. The van der Waals surface area contributed by atoms with Crippen molar-refractivity contribution >= 4 is 11.8 Å². The summed E-state index contributed by atoms with van der Waals surface area (Å²) in [6, 6.07) is 8.54. The maximum Gasteiger partial charge on any atom is 0.0483 e. The van der Waals surface area contributed by atoms with E-state index in [2.05, 4.69) is 35.4 Å². The topological polar surface area (TPSA) is 23.5 Å². The molecule has 1 aromatic carbocycles. The van der Waals surface area contributed by atoms with Crippen molar-refractivity contribution in [2.75, 3.05) is 26.0 Å². The molecule has 0 spiro atoms. The van der Waals surface area contributed by atoms with Crippen molar-refractivity contribution in [3.63, 3.8) is 0 Å². The van der Waals surface area contributed by atoms with Crippen molar-refractivity contribution in [2.24, 2.45) is 5.92 Å². The molecular weight excluding hydrogens is 206 g/mol. The van der Waals surface area contributed by atoms with E-state index in [0.717, 1.165) is 19.6 Å². The lowest BCUT2D eigenvalue weighted by atomic mass is 10.0. The molecule has 2 rings (SSSR count). The Hall–Kier alpha value is -0.510. The number of rotatable bonds is 4. The van der Waals surface area contributed by atoms with Gasteiger partial charge >= 0.3 is 0 Å². The van der Waals surface area contributed by atoms with E-state index in [9.17, 15) is 0 Å². The molecule has 0 aliphatic carbocycles. The standard InChI is InChI=1S/C12H17NOS/c1-15-12-5-3-2-4-11(12)8-13-6-10(7-13)9-14/h2-5,10,14H,6-9H2,1H3. The Balaban J connectivity index is 1.94. The van der Waals surface area contributed by atoms with Gasteiger partial charge in [0.1, 0.15) is 0 Å². The molecule has 2 nitrogen and oxygen atoms in total. The third-order valence-corrected chi connectivity index (χ3v) is 3.72. The number of thioether (sulfide) groups is 1. The van der Waals surface area contributed by atoms with Gasteiger partial charge in [0, 0.05) is 37.1 Å². The van der Waals surface area contributed by atoms with Crippen molar-refractivity contribution in [1.82, 2.24) is 4.90 Å². The molecule has 0 bridgehead atoms. The molecule has 1 aliphatic rings. The first kappa shape index (κ1) is 11.0. The lowest BCUT2D eigenvalue weighted by molar-refractivity contribution is 0.0474. The predicted molar refractivity (Wildman–Crippen MR) is 64.1 cm³/mol. The fraction of sp³-hybridized carbons (Fsp3) is 0.500. The third-order valence-electron chi connectivity index (χ3n) is 2.88. The molecule has 1 heterocycles. The molecule has 0 radical (unpaired) electrons. The van der Waals surface area contributed by atoms with E-state index in [0.29, 0.717) is 12.5 Å². The van der Waals surface area contributed by atoms with Crippen molar-refractivity contribution in [3.8, 4) is 0 Å². The minimum Gasteiger partial charge on any atom is -0.396 e. The summed E-state index contributed by atoms with van der Waals surface area (Å²) < 4.78 is 0. The monoisotopic (exact) mass is 223 g/mol. The van der Waals surface area contributed by atoms with Crippen molar-refractivity contribution in [2.45, 2.75) is 11.4 Å². The first-order valence-corrected chi connectivity index (χ1v) is 6.51. The van der Waals surface area contributed by atoms with Crippen molar-refractivity contribution in [3.05, 3.63) is 29.8 Å². The average molecular weight is 223 g/mol. The van der Waals surface area contributed by atoms with Gasteiger partial charge in [-0.2, -0.15) is 0 Å². The Kier molecular flexibility index (Phi) is 3.67. The van der Waals surface area contributed by atoms with E-state index in [4.69, 9.17) is 5.11 Å². The fourth-order valence-corrected chi connectivity index (χ4v) is 2.61. The van der Waals surface area contributed by atoms with Gasteiger partial charge in [0.2, 0.25) is 0 Å². The van der Waals surface area contributed by atoms with Crippen LogP contribution in [0.1, 0.15) is 5.56 Å².